The normalized spacial score (nSPS) is 11.1. The van der Waals surface area contributed by atoms with Crippen molar-refractivity contribution in [3.05, 3.63) is 65.9 Å². The van der Waals surface area contributed by atoms with Crippen molar-refractivity contribution in [3.63, 3.8) is 0 Å². The van der Waals surface area contributed by atoms with E-state index in [1.807, 2.05) is 74.3 Å². The fourth-order valence-corrected chi connectivity index (χ4v) is 4.06. The summed E-state index contributed by atoms with van der Waals surface area (Å²) in [7, 11) is 1.60. The van der Waals surface area contributed by atoms with Crippen molar-refractivity contribution >= 4 is 22.7 Å². The molecule has 0 bridgehead atoms. The molecule has 0 unspecified atom stereocenters. The molecule has 7 heteroatoms. The molecule has 7 nitrogen and oxygen atoms in total. The minimum atomic E-state index is -0.189. The van der Waals surface area contributed by atoms with Crippen LogP contribution in [0.4, 0.5) is 0 Å². The summed E-state index contributed by atoms with van der Waals surface area (Å²) in [5, 5.41) is 1.16. The van der Waals surface area contributed by atoms with Crippen LogP contribution in [-0.2, 0) is 27.3 Å². The summed E-state index contributed by atoms with van der Waals surface area (Å²) in [6.07, 6.45) is 2.72. The number of benzene rings is 2. The van der Waals surface area contributed by atoms with Gasteiger partial charge in [-0.3, -0.25) is 9.59 Å². The van der Waals surface area contributed by atoms with Crippen LogP contribution in [0.25, 0.3) is 10.9 Å². The van der Waals surface area contributed by atoms with Crippen molar-refractivity contribution in [2.45, 2.75) is 33.7 Å². The lowest BCUT2D eigenvalue weighted by Gasteiger charge is -2.29. The molecule has 0 saturated heterocycles. The number of amides is 2. The van der Waals surface area contributed by atoms with E-state index >= 15 is 0 Å². The van der Waals surface area contributed by atoms with Gasteiger partial charge in [0.05, 0.1) is 19.8 Å². The van der Waals surface area contributed by atoms with E-state index in [0.29, 0.717) is 39.3 Å². The first kappa shape index (κ1) is 26.3. The molecule has 0 aliphatic carbocycles. The Kier molecular flexibility index (Phi) is 9.73. The maximum absolute atomic E-state index is 13.5. The van der Waals surface area contributed by atoms with Crippen LogP contribution in [0, 0.1) is 5.92 Å². The lowest BCUT2D eigenvalue weighted by molar-refractivity contribution is -0.143. The zero-order chi connectivity index (χ0) is 25.2. The number of nitrogens with one attached hydrogen (secondary N) is 1. The Balaban J connectivity index is 1.78. The van der Waals surface area contributed by atoms with Crippen molar-refractivity contribution in [1.29, 1.82) is 0 Å². The van der Waals surface area contributed by atoms with E-state index in [9.17, 15) is 9.59 Å². The van der Waals surface area contributed by atoms with Gasteiger partial charge in [-0.15, -0.1) is 0 Å². The first-order chi connectivity index (χ1) is 16.9. The summed E-state index contributed by atoms with van der Waals surface area (Å²) in [5.74, 6) is 0.489. The predicted molar refractivity (Wildman–Crippen MR) is 138 cm³/mol. The number of para-hydroxylation sites is 1. The zero-order valence-electron chi connectivity index (χ0n) is 21.3. The molecule has 3 rings (SSSR count). The second-order valence-electron chi connectivity index (χ2n) is 8.91. The largest absolute Gasteiger partial charge is 0.494 e. The molecule has 1 N–H and O–H groups in total. The number of ether oxygens (including phenoxy) is 2. The minimum Gasteiger partial charge on any atom is -0.494 e. The highest BCUT2D eigenvalue weighted by molar-refractivity contribution is 5.86. The SMILES string of the molecule is CCOc1ccc(CN(CCc2c[nH]c3ccccc23)C(=O)CN(CCOC)C(=O)C(C)C)cc1. The van der Waals surface area contributed by atoms with E-state index in [1.165, 1.54) is 5.56 Å². The minimum absolute atomic E-state index is 0.0330. The van der Waals surface area contributed by atoms with Crippen molar-refractivity contribution in [1.82, 2.24) is 14.8 Å². The van der Waals surface area contributed by atoms with Crippen LogP contribution >= 0.6 is 0 Å². The quantitative estimate of drug-likeness (QED) is 0.397. The number of nitrogens with zero attached hydrogens (tertiary/aromatic N) is 2. The molecule has 2 amide bonds. The number of hydrogen-bond acceptors (Lipinski definition) is 4. The molecule has 0 aliphatic rings. The lowest BCUT2D eigenvalue weighted by Crippen LogP contribution is -2.45. The number of methoxy groups -OCH3 is 1. The summed E-state index contributed by atoms with van der Waals surface area (Å²) < 4.78 is 10.7. The summed E-state index contributed by atoms with van der Waals surface area (Å²) >= 11 is 0. The number of rotatable bonds is 13. The standard InChI is InChI=1S/C28H37N3O4/c1-5-35-24-12-10-22(11-13-24)19-30(15-14-23-18-29-26-9-7-6-8-25(23)26)27(32)20-31(16-17-34-4)28(33)21(2)3/h6-13,18,21,29H,5,14-17,19-20H2,1-4H3. The molecule has 0 spiro atoms. The maximum Gasteiger partial charge on any atom is 0.242 e. The van der Waals surface area contributed by atoms with Crippen molar-refractivity contribution < 1.29 is 19.1 Å². The Morgan fingerprint density at radius 1 is 1.00 bits per heavy atom. The number of carbonyl (C=O) groups is 2. The van der Waals surface area contributed by atoms with Gasteiger partial charge >= 0.3 is 0 Å². The Bertz CT molecular complexity index is 1090. The average molecular weight is 480 g/mol. The zero-order valence-corrected chi connectivity index (χ0v) is 21.3. The van der Waals surface area contributed by atoms with Gasteiger partial charge in [-0.05, 0) is 42.7 Å². The van der Waals surface area contributed by atoms with E-state index in [2.05, 4.69) is 11.1 Å². The van der Waals surface area contributed by atoms with Crippen molar-refractivity contribution in [2.75, 3.05) is 40.0 Å². The van der Waals surface area contributed by atoms with Gasteiger partial charge in [0, 0.05) is 49.8 Å². The maximum atomic E-state index is 13.5. The fourth-order valence-electron chi connectivity index (χ4n) is 4.06. The third kappa shape index (κ3) is 7.33. The number of H-pyrrole nitrogens is 1. The monoisotopic (exact) mass is 479 g/mol. The number of hydrogen-bond donors (Lipinski definition) is 1. The van der Waals surface area contributed by atoms with E-state index in [1.54, 1.807) is 12.0 Å². The highest BCUT2D eigenvalue weighted by atomic mass is 16.5. The van der Waals surface area contributed by atoms with Crippen LogP contribution in [-0.4, -0.2) is 66.6 Å². The number of carbonyl (C=O) groups excluding carboxylic acids is 2. The summed E-state index contributed by atoms with van der Waals surface area (Å²) in [6.45, 7) is 8.07. The van der Waals surface area contributed by atoms with Crippen LogP contribution in [0.3, 0.4) is 0 Å². The van der Waals surface area contributed by atoms with Crippen molar-refractivity contribution in [3.8, 4) is 5.75 Å². The van der Waals surface area contributed by atoms with E-state index in [0.717, 1.165) is 22.2 Å². The molecule has 35 heavy (non-hydrogen) atoms. The van der Waals surface area contributed by atoms with Crippen LogP contribution in [0.2, 0.25) is 0 Å². The van der Waals surface area contributed by atoms with Crippen molar-refractivity contribution in [2.24, 2.45) is 5.92 Å². The Morgan fingerprint density at radius 2 is 1.74 bits per heavy atom. The van der Waals surface area contributed by atoms with Gasteiger partial charge in [0.2, 0.25) is 11.8 Å². The van der Waals surface area contributed by atoms with E-state index in [4.69, 9.17) is 9.47 Å². The van der Waals surface area contributed by atoms with Gasteiger partial charge in [0.15, 0.2) is 0 Å². The molecule has 0 atom stereocenters. The second-order valence-corrected chi connectivity index (χ2v) is 8.91. The smallest absolute Gasteiger partial charge is 0.242 e. The van der Waals surface area contributed by atoms with Gasteiger partial charge in [-0.25, -0.2) is 0 Å². The molecule has 0 fully saturated rings. The Hall–Kier alpha value is -3.32. The highest BCUT2D eigenvalue weighted by Gasteiger charge is 2.23. The molecule has 188 valence electrons. The molecule has 0 saturated carbocycles. The van der Waals surface area contributed by atoms with Crippen LogP contribution in [0.15, 0.2) is 54.7 Å². The molecule has 0 aliphatic heterocycles. The molecular formula is C28H37N3O4. The Labute approximate surface area is 208 Å². The second kappa shape index (κ2) is 13.0. The molecule has 2 aromatic carbocycles. The van der Waals surface area contributed by atoms with E-state index < -0.39 is 0 Å². The summed E-state index contributed by atoms with van der Waals surface area (Å²) in [6, 6.07) is 16.0. The van der Waals surface area contributed by atoms with Crippen LogP contribution in [0.5, 0.6) is 5.75 Å². The Morgan fingerprint density at radius 3 is 2.43 bits per heavy atom. The van der Waals surface area contributed by atoms with Gasteiger partial charge in [0.1, 0.15) is 5.75 Å². The molecule has 0 radical (unpaired) electrons. The summed E-state index contributed by atoms with van der Waals surface area (Å²) in [5.41, 5.74) is 3.26. The van der Waals surface area contributed by atoms with Crippen LogP contribution in [0.1, 0.15) is 31.9 Å². The molecule has 1 aromatic heterocycles. The first-order valence-corrected chi connectivity index (χ1v) is 12.2. The van der Waals surface area contributed by atoms with Crippen LogP contribution < -0.4 is 4.74 Å². The molecule has 3 aromatic rings. The third-order valence-electron chi connectivity index (χ3n) is 5.98. The molecule has 1 heterocycles. The summed E-state index contributed by atoms with van der Waals surface area (Å²) in [4.78, 5) is 33.0. The third-order valence-corrected chi connectivity index (χ3v) is 5.98. The topological polar surface area (TPSA) is 74.9 Å². The van der Waals surface area contributed by atoms with E-state index in [-0.39, 0.29) is 24.3 Å². The number of fused-ring (bicyclic) bond motifs is 1. The van der Waals surface area contributed by atoms with Gasteiger partial charge in [0.25, 0.3) is 0 Å². The number of aromatic nitrogens is 1. The predicted octanol–water partition coefficient (Wildman–Crippen LogP) is 4.27. The lowest BCUT2D eigenvalue weighted by atomic mass is 10.1. The van der Waals surface area contributed by atoms with Gasteiger partial charge < -0.3 is 24.3 Å². The highest BCUT2D eigenvalue weighted by Crippen LogP contribution is 2.20. The van der Waals surface area contributed by atoms with Gasteiger partial charge in [-0.1, -0.05) is 44.2 Å². The number of aromatic amines is 1. The van der Waals surface area contributed by atoms with Gasteiger partial charge in [-0.2, -0.15) is 0 Å². The molecular weight excluding hydrogens is 442 g/mol. The average Bonchev–Trinajstić information content (AvgIpc) is 3.28. The fraction of sp³-hybridized carbons (Fsp3) is 0.429. The first-order valence-electron chi connectivity index (χ1n) is 12.2.